The molecule has 1 heterocycles. The van der Waals surface area contributed by atoms with Crippen molar-refractivity contribution in [2.75, 3.05) is 40.5 Å². The lowest BCUT2D eigenvalue weighted by atomic mass is 10.1. The predicted molar refractivity (Wildman–Crippen MR) is 113 cm³/mol. The van der Waals surface area contributed by atoms with Crippen LogP contribution in [-0.4, -0.2) is 57.4 Å². The Morgan fingerprint density at radius 2 is 1.96 bits per heavy atom. The highest BCUT2D eigenvalue weighted by molar-refractivity contribution is 14.0. The summed E-state index contributed by atoms with van der Waals surface area (Å²) >= 11 is 0. The molecule has 1 aromatic carbocycles. The summed E-state index contributed by atoms with van der Waals surface area (Å²) in [6, 6.07) is 6.69. The second-order valence-electron chi connectivity index (χ2n) is 6.10. The van der Waals surface area contributed by atoms with Gasteiger partial charge in [-0.3, -0.25) is 4.99 Å². The molecule has 0 saturated carbocycles. The molecule has 1 aliphatic rings. The number of rotatable bonds is 8. The topological polar surface area (TPSA) is 58.1 Å². The zero-order valence-electron chi connectivity index (χ0n) is 15.7. The van der Waals surface area contributed by atoms with Gasteiger partial charge in [0, 0.05) is 32.7 Å². The molecule has 0 spiro atoms. The number of likely N-dealkylation sites (N-methyl/N-ethyl adjacent to an activating group) is 1. The van der Waals surface area contributed by atoms with Crippen molar-refractivity contribution in [3.63, 3.8) is 0 Å². The maximum absolute atomic E-state index is 5.41. The smallest absolute Gasteiger partial charge is 0.231 e. The third-order valence-electron chi connectivity index (χ3n) is 4.47. The average Bonchev–Trinajstić information content (AvgIpc) is 3.07. The fourth-order valence-electron chi connectivity index (χ4n) is 2.53. The van der Waals surface area contributed by atoms with Crippen molar-refractivity contribution < 1.29 is 9.47 Å². The van der Waals surface area contributed by atoms with Crippen molar-refractivity contribution in [3.8, 4) is 11.5 Å². The molecule has 0 aromatic heterocycles. The first-order chi connectivity index (χ1) is 11.6. The maximum Gasteiger partial charge on any atom is 0.231 e. The number of nitrogens with one attached hydrogen (secondary N) is 2. The van der Waals surface area contributed by atoms with Crippen LogP contribution in [0.4, 0.5) is 0 Å². The Morgan fingerprint density at radius 3 is 2.68 bits per heavy atom. The Kier molecular flexibility index (Phi) is 9.96. The number of fused-ring (bicyclic) bond motifs is 1. The first-order valence-electron chi connectivity index (χ1n) is 8.67. The molecule has 142 valence electrons. The van der Waals surface area contributed by atoms with Crippen molar-refractivity contribution in [2.24, 2.45) is 4.99 Å². The number of halogens is 1. The molecule has 0 saturated heterocycles. The van der Waals surface area contributed by atoms with Gasteiger partial charge in [0.1, 0.15) is 0 Å². The third kappa shape index (κ3) is 6.89. The first-order valence-corrected chi connectivity index (χ1v) is 8.67. The molecule has 2 N–H and O–H groups in total. The molecule has 1 unspecified atom stereocenters. The van der Waals surface area contributed by atoms with Gasteiger partial charge in [-0.2, -0.15) is 0 Å². The molecule has 1 atom stereocenters. The van der Waals surface area contributed by atoms with E-state index in [1.54, 1.807) is 7.05 Å². The van der Waals surface area contributed by atoms with Gasteiger partial charge in [-0.1, -0.05) is 13.0 Å². The van der Waals surface area contributed by atoms with Crippen LogP contribution in [0.5, 0.6) is 11.5 Å². The Bertz CT molecular complexity index is 554. The summed E-state index contributed by atoms with van der Waals surface area (Å²) < 4.78 is 10.7. The van der Waals surface area contributed by atoms with Crippen LogP contribution >= 0.6 is 24.0 Å². The number of hydrogen-bond donors (Lipinski definition) is 2. The van der Waals surface area contributed by atoms with Crippen LogP contribution in [0.3, 0.4) is 0 Å². The van der Waals surface area contributed by atoms with Crippen LogP contribution in [0, 0.1) is 0 Å². The Morgan fingerprint density at radius 1 is 1.24 bits per heavy atom. The van der Waals surface area contributed by atoms with Crippen molar-refractivity contribution in [1.82, 2.24) is 15.5 Å². The molecule has 2 rings (SSSR count). The summed E-state index contributed by atoms with van der Waals surface area (Å²) in [6.45, 7) is 7.48. The summed E-state index contributed by atoms with van der Waals surface area (Å²) in [5.41, 5.74) is 1.22. The van der Waals surface area contributed by atoms with Crippen molar-refractivity contribution in [2.45, 2.75) is 32.7 Å². The highest BCUT2D eigenvalue weighted by Crippen LogP contribution is 2.32. The van der Waals surface area contributed by atoms with E-state index in [9.17, 15) is 0 Å². The minimum Gasteiger partial charge on any atom is -0.454 e. The monoisotopic (exact) mass is 462 g/mol. The van der Waals surface area contributed by atoms with E-state index in [4.69, 9.17) is 9.47 Å². The SMILES string of the molecule is CCC(C)N(C)CCNC(=NC)NCCc1ccc2c(c1)OCO2.I. The molecule has 0 amide bonds. The minimum atomic E-state index is 0. The molecular formula is C18H31IN4O2. The van der Waals surface area contributed by atoms with Crippen LogP contribution < -0.4 is 20.1 Å². The molecule has 0 fully saturated rings. The van der Waals surface area contributed by atoms with Crippen LogP contribution in [-0.2, 0) is 6.42 Å². The summed E-state index contributed by atoms with van der Waals surface area (Å²) in [7, 11) is 3.96. The van der Waals surface area contributed by atoms with Gasteiger partial charge in [0.25, 0.3) is 0 Å². The van der Waals surface area contributed by atoms with E-state index >= 15 is 0 Å². The first kappa shape index (κ1) is 21.8. The fraction of sp³-hybridized carbons (Fsp3) is 0.611. The zero-order chi connectivity index (χ0) is 17.4. The second kappa shape index (κ2) is 11.4. The summed E-state index contributed by atoms with van der Waals surface area (Å²) in [4.78, 5) is 6.62. The number of nitrogens with zero attached hydrogens (tertiary/aromatic N) is 2. The van der Waals surface area contributed by atoms with Gasteiger partial charge >= 0.3 is 0 Å². The molecule has 0 radical (unpaired) electrons. The molecule has 0 aliphatic carbocycles. The van der Waals surface area contributed by atoms with Gasteiger partial charge in [0.2, 0.25) is 6.79 Å². The van der Waals surface area contributed by atoms with E-state index in [-0.39, 0.29) is 24.0 Å². The van der Waals surface area contributed by atoms with Crippen molar-refractivity contribution >= 4 is 29.9 Å². The fourth-order valence-corrected chi connectivity index (χ4v) is 2.53. The minimum absolute atomic E-state index is 0. The van der Waals surface area contributed by atoms with E-state index in [0.717, 1.165) is 43.5 Å². The van der Waals surface area contributed by atoms with Crippen LogP contribution in [0.15, 0.2) is 23.2 Å². The highest BCUT2D eigenvalue weighted by Gasteiger charge is 2.13. The van der Waals surface area contributed by atoms with E-state index < -0.39 is 0 Å². The lowest BCUT2D eigenvalue weighted by Gasteiger charge is -2.24. The van der Waals surface area contributed by atoms with Crippen molar-refractivity contribution in [1.29, 1.82) is 0 Å². The number of aliphatic imine (C=N–C) groups is 1. The van der Waals surface area contributed by atoms with E-state index in [1.807, 2.05) is 12.1 Å². The summed E-state index contributed by atoms with van der Waals surface area (Å²) in [5, 5.41) is 6.71. The quantitative estimate of drug-likeness (QED) is 0.353. The maximum atomic E-state index is 5.41. The zero-order valence-corrected chi connectivity index (χ0v) is 18.0. The lowest BCUT2D eigenvalue weighted by molar-refractivity contribution is 0.174. The van der Waals surface area contributed by atoms with Gasteiger partial charge < -0.3 is 25.0 Å². The van der Waals surface area contributed by atoms with Gasteiger partial charge in [0.15, 0.2) is 17.5 Å². The normalized spacial score (nSPS) is 14.2. The molecule has 25 heavy (non-hydrogen) atoms. The number of benzene rings is 1. The molecule has 0 bridgehead atoms. The Labute approximate surface area is 168 Å². The van der Waals surface area contributed by atoms with E-state index in [0.29, 0.717) is 12.8 Å². The molecule has 7 heteroatoms. The largest absolute Gasteiger partial charge is 0.454 e. The highest BCUT2D eigenvalue weighted by atomic mass is 127. The van der Waals surface area contributed by atoms with Gasteiger partial charge in [-0.25, -0.2) is 0 Å². The Hall–Kier alpha value is -1.22. The Balaban J connectivity index is 0.00000312. The van der Waals surface area contributed by atoms with Crippen LogP contribution in [0.25, 0.3) is 0 Å². The summed E-state index contributed by atoms with van der Waals surface area (Å²) in [6.07, 6.45) is 2.07. The van der Waals surface area contributed by atoms with Gasteiger partial charge in [-0.15, -0.1) is 24.0 Å². The van der Waals surface area contributed by atoms with Gasteiger partial charge in [-0.05, 0) is 44.5 Å². The third-order valence-corrected chi connectivity index (χ3v) is 4.47. The molecule has 1 aromatic rings. The predicted octanol–water partition coefficient (Wildman–Crippen LogP) is 2.47. The number of ether oxygens (including phenoxy) is 2. The molecular weight excluding hydrogens is 431 g/mol. The van der Waals surface area contributed by atoms with E-state index in [2.05, 4.69) is 47.5 Å². The molecule has 6 nitrogen and oxygen atoms in total. The summed E-state index contributed by atoms with van der Waals surface area (Å²) in [5.74, 6) is 2.51. The van der Waals surface area contributed by atoms with Crippen molar-refractivity contribution in [3.05, 3.63) is 23.8 Å². The van der Waals surface area contributed by atoms with Gasteiger partial charge in [0.05, 0.1) is 0 Å². The number of hydrogen-bond acceptors (Lipinski definition) is 4. The van der Waals surface area contributed by atoms with Crippen LogP contribution in [0.2, 0.25) is 0 Å². The van der Waals surface area contributed by atoms with E-state index in [1.165, 1.54) is 12.0 Å². The lowest BCUT2D eigenvalue weighted by Crippen LogP contribution is -2.42. The molecule has 1 aliphatic heterocycles. The number of guanidine groups is 1. The van der Waals surface area contributed by atoms with Crippen LogP contribution in [0.1, 0.15) is 25.8 Å². The average molecular weight is 462 g/mol. The second-order valence-corrected chi connectivity index (χ2v) is 6.10. The standard InChI is InChI=1S/C18H30N4O2.HI/c1-5-14(2)22(4)11-10-21-18(19-3)20-9-8-15-6-7-16-17(12-15)24-13-23-16;/h6-7,12,14H,5,8-11,13H2,1-4H3,(H2,19,20,21);1H.